The molecule has 18 heavy (non-hydrogen) atoms. The maximum atomic E-state index is 11.8. The van der Waals surface area contributed by atoms with Crippen LogP contribution in [0.3, 0.4) is 0 Å². The Labute approximate surface area is 109 Å². The van der Waals surface area contributed by atoms with E-state index in [1.807, 2.05) is 0 Å². The molecule has 0 spiro atoms. The first-order valence-corrected chi connectivity index (χ1v) is 8.08. The molecule has 0 saturated carbocycles. The Morgan fingerprint density at radius 3 is 3.00 bits per heavy atom. The van der Waals surface area contributed by atoms with Gasteiger partial charge in [-0.1, -0.05) is 0 Å². The Hall–Kier alpha value is -0.990. The SMILES string of the molecule is CC(=O)c1csc(NS(=O)(=O)CC2CCCO2)n1. The van der Waals surface area contributed by atoms with E-state index < -0.39 is 10.0 Å². The molecule has 0 aromatic carbocycles. The van der Waals surface area contributed by atoms with Gasteiger partial charge in [0.05, 0.1) is 11.9 Å². The monoisotopic (exact) mass is 290 g/mol. The number of ether oxygens (including phenoxy) is 1. The molecule has 1 N–H and O–H groups in total. The number of hydrogen-bond acceptors (Lipinski definition) is 6. The molecule has 1 unspecified atom stereocenters. The fraction of sp³-hybridized carbons (Fsp3) is 0.600. The number of Topliss-reactive ketones (excluding diaryl/α,β-unsaturated/α-hetero) is 1. The molecule has 2 heterocycles. The van der Waals surface area contributed by atoms with Crippen LogP contribution >= 0.6 is 11.3 Å². The number of nitrogens with zero attached hydrogens (tertiary/aromatic N) is 1. The van der Waals surface area contributed by atoms with Gasteiger partial charge < -0.3 is 4.74 Å². The van der Waals surface area contributed by atoms with Gasteiger partial charge in [-0.2, -0.15) is 0 Å². The topological polar surface area (TPSA) is 85.4 Å². The van der Waals surface area contributed by atoms with Crippen molar-refractivity contribution in [3.8, 4) is 0 Å². The van der Waals surface area contributed by atoms with Gasteiger partial charge in [0.2, 0.25) is 10.0 Å². The summed E-state index contributed by atoms with van der Waals surface area (Å²) in [5.74, 6) is -0.252. The Kier molecular flexibility index (Phi) is 3.98. The Balaban J connectivity index is 2.00. The van der Waals surface area contributed by atoms with Crippen molar-refractivity contribution in [2.45, 2.75) is 25.9 Å². The summed E-state index contributed by atoms with van der Waals surface area (Å²) in [5, 5.41) is 1.75. The molecular weight excluding hydrogens is 276 g/mol. The Bertz CT molecular complexity index is 532. The van der Waals surface area contributed by atoms with Crippen LogP contribution in [0.15, 0.2) is 5.38 Å². The average Bonchev–Trinajstić information content (AvgIpc) is 2.87. The highest BCUT2D eigenvalue weighted by molar-refractivity contribution is 7.92. The molecule has 1 aliphatic heterocycles. The molecule has 1 saturated heterocycles. The number of rotatable bonds is 5. The zero-order valence-corrected chi connectivity index (χ0v) is 11.5. The van der Waals surface area contributed by atoms with E-state index in [2.05, 4.69) is 9.71 Å². The lowest BCUT2D eigenvalue weighted by Gasteiger charge is -2.10. The number of nitrogens with one attached hydrogen (secondary N) is 1. The van der Waals surface area contributed by atoms with Gasteiger partial charge in [-0.15, -0.1) is 11.3 Å². The molecule has 6 nitrogen and oxygen atoms in total. The second kappa shape index (κ2) is 5.33. The van der Waals surface area contributed by atoms with Gasteiger partial charge in [0, 0.05) is 18.9 Å². The van der Waals surface area contributed by atoms with Crippen molar-refractivity contribution in [3.63, 3.8) is 0 Å². The minimum atomic E-state index is -3.47. The number of carbonyl (C=O) groups is 1. The van der Waals surface area contributed by atoms with Gasteiger partial charge in [-0.05, 0) is 12.8 Å². The van der Waals surface area contributed by atoms with Crippen LogP contribution in [0.1, 0.15) is 30.3 Å². The maximum absolute atomic E-state index is 11.8. The first kappa shape index (κ1) is 13.4. The number of hydrogen-bond donors (Lipinski definition) is 1. The maximum Gasteiger partial charge on any atom is 0.237 e. The summed E-state index contributed by atoms with van der Waals surface area (Å²) < 4.78 is 31.3. The standard InChI is InChI=1S/C10H14N2O4S2/c1-7(13)9-5-17-10(11-9)12-18(14,15)6-8-3-2-4-16-8/h5,8H,2-4,6H2,1H3,(H,11,12). The molecule has 2 rings (SSSR count). The molecule has 8 heteroatoms. The average molecular weight is 290 g/mol. The van der Waals surface area contributed by atoms with Gasteiger partial charge in [0.15, 0.2) is 10.9 Å². The quantitative estimate of drug-likeness (QED) is 0.825. The molecule has 1 aliphatic rings. The van der Waals surface area contributed by atoms with Crippen LogP contribution in [0.4, 0.5) is 5.13 Å². The summed E-state index contributed by atoms with van der Waals surface area (Å²) in [6.45, 7) is 2.01. The first-order chi connectivity index (χ1) is 8.46. The second-order valence-corrected chi connectivity index (χ2v) is 6.74. The number of thiazole rings is 1. The van der Waals surface area contributed by atoms with Crippen LogP contribution < -0.4 is 4.72 Å². The molecule has 0 radical (unpaired) electrons. The minimum Gasteiger partial charge on any atom is -0.377 e. The molecule has 100 valence electrons. The summed E-state index contributed by atoms with van der Waals surface area (Å²) in [4.78, 5) is 15.0. The van der Waals surface area contributed by atoms with E-state index in [0.29, 0.717) is 6.61 Å². The van der Waals surface area contributed by atoms with E-state index >= 15 is 0 Å². The van der Waals surface area contributed by atoms with Crippen LogP contribution in [0.2, 0.25) is 0 Å². The van der Waals surface area contributed by atoms with Crippen molar-refractivity contribution < 1.29 is 17.9 Å². The van der Waals surface area contributed by atoms with Gasteiger partial charge in [-0.3, -0.25) is 9.52 Å². The number of anilines is 1. The van der Waals surface area contributed by atoms with Crippen LogP contribution in [-0.2, 0) is 14.8 Å². The number of aromatic nitrogens is 1. The van der Waals surface area contributed by atoms with Crippen LogP contribution in [0, 0.1) is 0 Å². The molecule has 0 amide bonds. The van der Waals surface area contributed by atoms with E-state index in [9.17, 15) is 13.2 Å². The van der Waals surface area contributed by atoms with Gasteiger partial charge in [0.25, 0.3) is 0 Å². The Morgan fingerprint density at radius 1 is 1.67 bits per heavy atom. The fourth-order valence-electron chi connectivity index (χ4n) is 1.68. The van der Waals surface area contributed by atoms with Crippen molar-refractivity contribution in [2.75, 3.05) is 17.1 Å². The van der Waals surface area contributed by atoms with Crippen molar-refractivity contribution in [1.29, 1.82) is 0 Å². The number of sulfonamides is 1. The summed E-state index contributed by atoms with van der Waals surface area (Å²) in [5.41, 5.74) is 0.273. The van der Waals surface area contributed by atoms with Crippen LogP contribution in [-0.4, -0.2) is 37.6 Å². The van der Waals surface area contributed by atoms with Gasteiger partial charge in [0.1, 0.15) is 5.69 Å². The summed E-state index contributed by atoms with van der Waals surface area (Å²) in [6, 6.07) is 0. The van der Waals surface area contributed by atoms with E-state index in [-0.39, 0.29) is 28.5 Å². The second-order valence-electron chi connectivity index (χ2n) is 4.11. The van der Waals surface area contributed by atoms with E-state index in [4.69, 9.17) is 4.74 Å². The molecule has 1 fully saturated rings. The van der Waals surface area contributed by atoms with E-state index in [1.54, 1.807) is 0 Å². The first-order valence-electron chi connectivity index (χ1n) is 5.55. The largest absolute Gasteiger partial charge is 0.377 e. The smallest absolute Gasteiger partial charge is 0.237 e. The highest BCUT2D eigenvalue weighted by Crippen LogP contribution is 2.19. The lowest BCUT2D eigenvalue weighted by molar-refractivity contribution is 0.101. The predicted octanol–water partition coefficient (Wildman–Crippen LogP) is 1.27. The molecule has 0 aliphatic carbocycles. The molecular formula is C10H14N2O4S2. The zero-order valence-electron chi connectivity index (χ0n) is 9.88. The molecule has 1 atom stereocenters. The van der Waals surface area contributed by atoms with Crippen LogP contribution in [0.5, 0.6) is 0 Å². The minimum absolute atomic E-state index is 0.0675. The molecule has 0 bridgehead atoms. The fourth-order valence-corrected chi connectivity index (χ4v) is 3.99. The van der Waals surface area contributed by atoms with Crippen molar-refractivity contribution >= 4 is 32.3 Å². The lowest BCUT2D eigenvalue weighted by Crippen LogP contribution is -2.25. The van der Waals surface area contributed by atoms with E-state index in [1.165, 1.54) is 12.3 Å². The summed E-state index contributed by atoms with van der Waals surface area (Å²) in [7, 11) is -3.47. The van der Waals surface area contributed by atoms with Crippen molar-refractivity contribution in [1.82, 2.24) is 4.98 Å². The van der Waals surface area contributed by atoms with Crippen LogP contribution in [0.25, 0.3) is 0 Å². The zero-order chi connectivity index (χ0) is 13.2. The van der Waals surface area contributed by atoms with E-state index in [0.717, 1.165) is 24.2 Å². The highest BCUT2D eigenvalue weighted by Gasteiger charge is 2.24. The normalized spacial score (nSPS) is 19.9. The third kappa shape index (κ3) is 3.50. The predicted molar refractivity (Wildman–Crippen MR) is 68.5 cm³/mol. The number of carbonyl (C=O) groups excluding carboxylic acids is 1. The summed E-state index contributed by atoms with van der Waals surface area (Å²) >= 11 is 1.10. The Morgan fingerprint density at radius 2 is 2.44 bits per heavy atom. The van der Waals surface area contributed by atoms with Gasteiger partial charge in [-0.25, -0.2) is 13.4 Å². The molecule has 1 aromatic rings. The van der Waals surface area contributed by atoms with Crippen molar-refractivity contribution in [3.05, 3.63) is 11.1 Å². The number of ketones is 1. The van der Waals surface area contributed by atoms with Crippen molar-refractivity contribution in [2.24, 2.45) is 0 Å². The molecule has 1 aromatic heterocycles. The third-order valence-corrected chi connectivity index (χ3v) is 4.74. The summed E-state index contributed by atoms with van der Waals surface area (Å²) in [6.07, 6.45) is 1.42. The highest BCUT2D eigenvalue weighted by atomic mass is 32.2. The third-order valence-electron chi connectivity index (χ3n) is 2.54. The lowest BCUT2D eigenvalue weighted by atomic mass is 10.3. The van der Waals surface area contributed by atoms with Gasteiger partial charge >= 0.3 is 0 Å².